The highest BCUT2D eigenvalue weighted by molar-refractivity contribution is 5.38. The quantitative estimate of drug-likeness (QED) is 0.752. The van der Waals surface area contributed by atoms with Crippen molar-refractivity contribution in [1.29, 1.82) is 0 Å². The van der Waals surface area contributed by atoms with Crippen molar-refractivity contribution in [1.82, 2.24) is 0 Å². The maximum atomic E-state index is 5.70. The second kappa shape index (κ2) is 8.40. The first-order valence-corrected chi connectivity index (χ1v) is 8.20. The van der Waals surface area contributed by atoms with Gasteiger partial charge in [-0.1, -0.05) is 45.2 Å². The van der Waals surface area contributed by atoms with E-state index in [4.69, 9.17) is 14.2 Å². The van der Waals surface area contributed by atoms with Gasteiger partial charge in [-0.15, -0.1) is 0 Å². The molecule has 1 aliphatic heterocycles. The first-order valence-electron chi connectivity index (χ1n) is 8.20. The van der Waals surface area contributed by atoms with Crippen LogP contribution >= 0.6 is 0 Å². The van der Waals surface area contributed by atoms with Gasteiger partial charge in [0.1, 0.15) is 5.75 Å². The van der Waals surface area contributed by atoms with Crippen LogP contribution in [-0.2, 0) is 9.47 Å². The molecular weight excluding hydrogens is 264 g/mol. The third-order valence-corrected chi connectivity index (χ3v) is 4.13. The molecule has 0 amide bonds. The van der Waals surface area contributed by atoms with Crippen molar-refractivity contribution in [3.8, 4) is 5.75 Å². The van der Waals surface area contributed by atoms with Crippen LogP contribution < -0.4 is 4.74 Å². The van der Waals surface area contributed by atoms with Gasteiger partial charge >= 0.3 is 0 Å². The largest absolute Gasteiger partial charge is 0.496 e. The molecule has 0 spiro atoms. The number of rotatable bonds is 6. The molecule has 2 aliphatic carbocycles. The SMILES string of the molecule is CCCCCC1COC(CC)CO1.COc1cc2ccc1=2. The molecule has 2 atom stereocenters. The Morgan fingerprint density at radius 3 is 2.24 bits per heavy atom. The van der Waals surface area contributed by atoms with E-state index in [2.05, 4.69) is 26.0 Å². The van der Waals surface area contributed by atoms with Gasteiger partial charge in [-0.3, -0.25) is 0 Å². The van der Waals surface area contributed by atoms with E-state index in [1.54, 1.807) is 7.11 Å². The lowest BCUT2D eigenvalue weighted by Gasteiger charge is -2.28. The summed E-state index contributed by atoms with van der Waals surface area (Å²) in [6.45, 7) is 5.98. The number of unbranched alkanes of at least 4 members (excludes halogenated alkanes) is 2. The molecule has 0 aromatic heterocycles. The number of hydrogen-bond acceptors (Lipinski definition) is 3. The third-order valence-electron chi connectivity index (χ3n) is 4.13. The van der Waals surface area contributed by atoms with E-state index in [0.717, 1.165) is 25.4 Å². The van der Waals surface area contributed by atoms with Gasteiger partial charge in [0.05, 0.1) is 32.5 Å². The molecule has 0 saturated carbocycles. The normalized spacial score (nSPS) is 22.2. The highest BCUT2D eigenvalue weighted by Crippen LogP contribution is 2.22. The summed E-state index contributed by atoms with van der Waals surface area (Å²) >= 11 is 0. The van der Waals surface area contributed by atoms with E-state index in [-0.39, 0.29) is 0 Å². The molecule has 1 heterocycles. The van der Waals surface area contributed by atoms with E-state index in [1.807, 2.05) is 6.07 Å². The van der Waals surface area contributed by atoms with Crippen molar-refractivity contribution in [2.45, 2.75) is 58.2 Å². The smallest absolute Gasteiger partial charge is 0.127 e. The van der Waals surface area contributed by atoms with Gasteiger partial charge in [0.2, 0.25) is 0 Å². The summed E-state index contributed by atoms with van der Waals surface area (Å²) in [5.41, 5.74) is 0. The Kier molecular flexibility index (Phi) is 6.52. The van der Waals surface area contributed by atoms with Crippen LogP contribution in [0.15, 0.2) is 18.2 Å². The van der Waals surface area contributed by atoms with Gasteiger partial charge in [-0.25, -0.2) is 0 Å². The van der Waals surface area contributed by atoms with Crippen LogP contribution in [-0.4, -0.2) is 32.5 Å². The molecular formula is C18H28O3. The summed E-state index contributed by atoms with van der Waals surface area (Å²) in [5.74, 6) is 1.03. The van der Waals surface area contributed by atoms with Gasteiger partial charge < -0.3 is 14.2 Å². The van der Waals surface area contributed by atoms with E-state index in [0.29, 0.717) is 12.2 Å². The van der Waals surface area contributed by atoms with Crippen LogP contribution in [0.3, 0.4) is 0 Å². The fourth-order valence-corrected chi connectivity index (χ4v) is 2.53. The molecule has 118 valence electrons. The number of ether oxygens (including phenoxy) is 3. The van der Waals surface area contributed by atoms with Crippen molar-refractivity contribution in [3.63, 3.8) is 0 Å². The Balaban J connectivity index is 0.000000170. The van der Waals surface area contributed by atoms with Crippen molar-refractivity contribution >= 4 is 0 Å². The Hall–Kier alpha value is -1.06. The zero-order chi connectivity index (χ0) is 15.1. The van der Waals surface area contributed by atoms with Crippen LogP contribution in [0.4, 0.5) is 0 Å². The number of benzene rings is 1. The van der Waals surface area contributed by atoms with E-state index in [9.17, 15) is 0 Å². The van der Waals surface area contributed by atoms with Crippen molar-refractivity contribution in [3.05, 3.63) is 28.6 Å². The minimum Gasteiger partial charge on any atom is -0.496 e. The highest BCUT2D eigenvalue weighted by atomic mass is 16.6. The Labute approximate surface area is 127 Å². The van der Waals surface area contributed by atoms with Crippen LogP contribution in [0, 0.1) is 10.4 Å². The van der Waals surface area contributed by atoms with E-state index < -0.39 is 0 Å². The maximum Gasteiger partial charge on any atom is 0.127 e. The summed E-state index contributed by atoms with van der Waals surface area (Å²) in [6.07, 6.45) is 6.84. The molecule has 1 saturated heterocycles. The molecule has 2 unspecified atom stereocenters. The molecule has 0 radical (unpaired) electrons. The fourth-order valence-electron chi connectivity index (χ4n) is 2.53. The van der Waals surface area contributed by atoms with Crippen LogP contribution in [0.2, 0.25) is 0 Å². The topological polar surface area (TPSA) is 27.7 Å². The fraction of sp³-hybridized carbons (Fsp3) is 0.667. The maximum absolute atomic E-state index is 5.70. The van der Waals surface area contributed by atoms with Crippen molar-refractivity contribution < 1.29 is 14.2 Å². The Morgan fingerprint density at radius 1 is 1.10 bits per heavy atom. The molecule has 3 heteroatoms. The standard InChI is InChI=1S/C11H22O2.C7H6O/c1-3-5-6-7-11-9-12-10(4-2)8-13-11;1-8-7-4-5-2-3-6(5)7/h10-11H,3-9H2,1-2H3;2-4H,1H3. The molecule has 0 bridgehead atoms. The van der Waals surface area contributed by atoms with Gasteiger partial charge in [0.15, 0.2) is 0 Å². The Morgan fingerprint density at radius 2 is 1.86 bits per heavy atom. The minimum atomic E-state index is 0.349. The molecule has 3 nitrogen and oxygen atoms in total. The van der Waals surface area contributed by atoms with E-state index >= 15 is 0 Å². The molecule has 1 fully saturated rings. The summed E-state index contributed by atoms with van der Waals surface area (Å²) in [7, 11) is 1.70. The summed E-state index contributed by atoms with van der Waals surface area (Å²) in [4.78, 5) is 0. The van der Waals surface area contributed by atoms with Crippen LogP contribution in [0.25, 0.3) is 0 Å². The number of hydrogen-bond donors (Lipinski definition) is 0. The van der Waals surface area contributed by atoms with Gasteiger partial charge in [-0.2, -0.15) is 0 Å². The lowest BCUT2D eigenvalue weighted by atomic mass is 10.1. The minimum absolute atomic E-state index is 0.349. The summed E-state index contributed by atoms with van der Waals surface area (Å²) in [5, 5.41) is 2.62. The number of methoxy groups -OCH3 is 1. The lowest BCUT2D eigenvalue weighted by Crippen LogP contribution is -2.35. The molecule has 0 N–H and O–H groups in total. The molecule has 3 rings (SSSR count). The second-order valence-electron chi connectivity index (χ2n) is 5.73. The van der Waals surface area contributed by atoms with E-state index in [1.165, 1.54) is 36.1 Å². The third kappa shape index (κ3) is 4.45. The van der Waals surface area contributed by atoms with Gasteiger partial charge in [0.25, 0.3) is 0 Å². The highest BCUT2D eigenvalue weighted by Gasteiger charge is 2.20. The molecule has 3 aliphatic rings. The first-order chi connectivity index (χ1) is 10.3. The zero-order valence-corrected chi connectivity index (χ0v) is 13.6. The molecule has 0 aromatic carbocycles. The van der Waals surface area contributed by atoms with Crippen molar-refractivity contribution in [2.75, 3.05) is 20.3 Å². The summed E-state index contributed by atoms with van der Waals surface area (Å²) < 4.78 is 16.3. The van der Waals surface area contributed by atoms with Crippen LogP contribution in [0.5, 0.6) is 5.75 Å². The second-order valence-corrected chi connectivity index (χ2v) is 5.73. The predicted molar refractivity (Wildman–Crippen MR) is 84.6 cm³/mol. The first kappa shape index (κ1) is 16.3. The van der Waals surface area contributed by atoms with Crippen LogP contribution in [0.1, 0.15) is 46.0 Å². The van der Waals surface area contributed by atoms with Gasteiger partial charge in [-0.05, 0) is 24.1 Å². The molecule has 0 aromatic rings. The lowest BCUT2D eigenvalue weighted by molar-refractivity contribution is -0.135. The average molecular weight is 292 g/mol. The predicted octanol–water partition coefficient (Wildman–Crippen LogP) is 4.06. The molecule has 21 heavy (non-hydrogen) atoms. The van der Waals surface area contributed by atoms with Crippen molar-refractivity contribution in [2.24, 2.45) is 0 Å². The Bertz CT molecular complexity index is 501. The average Bonchev–Trinajstić information content (AvgIpc) is 2.51. The monoisotopic (exact) mass is 292 g/mol. The summed E-state index contributed by atoms with van der Waals surface area (Å²) in [6, 6.07) is 6.18. The van der Waals surface area contributed by atoms with Gasteiger partial charge in [0, 0.05) is 5.22 Å². The zero-order valence-electron chi connectivity index (χ0n) is 13.6.